The second-order valence-corrected chi connectivity index (χ2v) is 6.28. The fraction of sp³-hybridized carbons (Fsp3) is 0.158. The molecular formula is C19H18BrNO3. The summed E-state index contributed by atoms with van der Waals surface area (Å²) in [5.41, 5.74) is 3.66. The number of carbonyl (C=O) groups is 2. The molecule has 1 N–H and O–H groups in total. The molecule has 0 spiro atoms. The number of halogens is 1. The molecule has 2 aromatic carbocycles. The number of ether oxygens (including phenoxy) is 1. The zero-order chi connectivity index (χ0) is 17.5. The molecule has 2 aromatic rings. The van der Waals surface area contributed by atoms with E-state index in [2.05, 4.69) is 21.2 Å². The maximum atomic E-state index is 11.9. The Morgan fingerprint density at radius 2 is 1.96 bits per heavy atom. The molecule has 0 unspecified atom stereocenters. The monoisotopic (exact) mass is 387 g/mol. The maximum Gasteiger partial charge on any atom is 0.331 e. The lowest BCUT2D eigenvalue weighted by Gasteiger charge is -2.09. The Morgan fingerprint density at radius 1 is 1.17 bits per heavy atom. The van der Waals surface area contributed by atoms with E-state index in [0.29, 0.717) is 5.69 Å². The van der Waals surface area contributed by atoms with Gasteiger partial charge in [0.15, 0.2) is 6.61 Å². The Balaban J connectivity index is 1.83. The summed E-state index contributed by atoms with van der Waals surface area (Å²) in [5, 5.41) is 2.73. The van der Waals surface area contributed by atoms with Crippen molar-refractivity contribution in [3.8, 4) is 0 Å². The van der Waals surface area contributed by atoms with Gasteiger partial charge in [0.2, 0.25) is 0 Å². The lowest BCUT2D eigenvalue weighted by Crippen LogP contribution is -2.20. The minimum atomic E-state index is -0.564. The molecule has 0 fully saturated rings. The minimum Gasteiger partial charge on any atom is -0.452 e. The topological polar surface area (TPSA) is 55.4 Å². The molecule has 5 heteroatoms. The molecule has 0 aliphatic rings. The van der Waals surface area contributed by atoms with E-state index in [4.69, 9.17) is 4.74 Å². The van der Waals surface area contributed by atoms with Crippen LogP contribution in [-0.2, 0) is 14.3 Å². The number of hydrogen-bond acceptors (Lipinski definition) is 3. The summed E-state index contributed by atoms with van der Waals surface area (Å²) in [4.78, 5) is 23.5. The Hall–Kier alpha value is -2.40. The molecule has 0 aromatic heterocycles. The van der Waals surface area contributed by atoms with E-state index in [0.717, 1.165) is 21.2 Å². The fourth-order valence-corrected chi connectivity index (χ4v) is 2.52. The zero-order valence-corrected chi connectivity index (χ0v) is 15.1. The molecule has 4 nitrogen and oxygen atoms in total. The van der Waals surface area contributed by atoms with Crippen LogP contribution in [0.2, 0.25) is 0 Å². The molecule has 0 bridgehead atoms. The Bertz CT molecular complexity index is 784. The predicted octanol–water partition coefficient (Wildman–Crippen LogP) is 4.26. The Morgan fingerprint density at radius 3 is 2.67 bits per heavy atom. The average Bonchev–Trinajstić information content (AvgIpc) is 2.54. The van der Waals surface area contributed by atoms with Crippen molar-refractivity contribution in [3.63, 3.8) is 0 Å². The fourth-order valence-electron chi connectivity index (χ4n) is 2.10. The number of amides is 1. The summed E-state index contributed by atoms with van der Waals surface area (Å²) < 4.78 is 5.86. The largest absolute Gasteiger partial charge is 0.452 e. The standard InChI is InChI=1S/C19H18BrNO3/c1-13-6-8-17(14(2)10-13)21-18(22)12-24-19(23)9-7-15-4-3-5-16(20)11-15/h3-11H,12H2,1-2H3,(H,21,22)/b9-7+. The van der Waals surface area contributed by atoms with Crippen LogP contribution in [0, 0.1) is 13.8 Å². The normalized spacial score (nSPS) is 10.6. The molecule has 124 valence electrons. The van der Waals surface area contributed by atoms with Crippen molar-refractivity contribution in [1.29, 1.82) is 0 Å². The van der Waals surface area contributed by atoms with E-state index in [1.54, 1.807) is 6.08 Å². The van der Waals surface area contributed by atoms with Gasteiger partial charge in [-0.1, -0.05) is 45.8 Å². The third-order valence-electron chi connectivity index (χ3n) is 3.26. The summed E-state index contributed by atoms with van der Waals surface area (Å²) in [5.74, 6) is -0.933. The van der Waals surface area contributed by atoms with Gasteiger partial charge in [-0.25, -0.2) is 4.79 Å². The van der Waals surface area contributed by atoms with Crippen LogP contribution in [0.3, 0.4) is 0 Å². The van der Waals surface area contributed by atoms with Crippen LogP contribution in [0.1, 0.15) is 16.7 Å². The quantitative estimate of drug-likeness (QED) is 0.615. The summed E-state index contributed by atoms with van der Waals surface area (Å²) in [6.45, 7) is 3.57. The van der Waals surface area contributed by atoms with Gasteiger partial charge in [-0.15, -0.1) is 0 Å². The molecule has 0 aliphatic heterocycles. The van der Waals surface area contributed by atoms with Gasteiger partial charge < -0.3 is 10.1 Å². The van der Waals surface area contributed by atoms with Crippen LogP contribution in [0.25, 0.3) is 6.08 Å². The molecule has 0 saturated heterocycles. The van der Waals surface area contributed by atoms with Crippen LogP contribution in [-0.4, -0.2) is 18.5 Å². The smallest absolute Gasteiger partial charge is 0.331 e. The van der Waals surface area contributed by atoms with Gasteiger partial charge in [0.25, 0.3) is 5.91 Å². The van der Waals surface area contributed by atoms with E-state index < -0.39 is 5.97 Å². The van der Waals surface area contributed by atoms with Gasteiger partial charge in [-0.3, -0.25) is 4.79 Å². The Kier molecular flexibility index (Phi) is 6.32. The van der Waals surface area contributed by atoms with Gasteiger partial charge >= 0.3 is 5.97 Å². The Labute approximate surface area is 149 Å². The lowest BCUT2D eigenvalue weighted by atomic mass is 10.1. The molecule has 0 heterocycles. The van der Waals surface area contributed by atoms with Crippen LogP contribution < -0.4 is 5.32 Å². The van der Waals surface area contributed by atoms with Crippen molar-refractivity contribution in [1.82, 2.24) is 0 Å². The van der Waals surface area contributed by atoms with Crippen molar-refractivity contribution in [2.24, 2.45) is 0 Å². The first-order valence-corrected chi connectivity index (χ1v) is 8.21. The number of hydrogen-bond donors (Lipinski definition) is 1. The highest BCUT2D eigenvalue weighted by Gasteiger charge is 2.07. The van der Waals surface area contributed by atoms with E-state index in [1.165, 1.54) is 6.08 Å². The van der Waals surface area contributed by atoms with Crippen LogP contribution in [0.15, 0.2) is 53.0 Å². The number of aryl methyl sites for hydroxylation is 2. The van der Waals surface area contributed by atoms with Crippen molar-refractivity contribution in [3.05, 3.63) is 69.7 Å². The summed E-state index contributed by atoms with van der Waals surface area (Å²) in [6.07, 6.45) is 2.93. The average molecular weight is 388 g/mol. The summed E-state index contributed by atoms with van der Waals surface area (Å²) in [6, 6.07) is 13.2. The second-order valence-electron chi connectivity index (χ2n) is 5.36. The van der Waals surface area contributed by atoms with Crippen molar-refractivity contribution >= 4 is 39.6 Å². The van der Waals surface area contributed by atoms with Crippen molar-refractivity contribution in [2.75, 3.05) is 11.9 Å². The van der Waals surface area contributed by atoms with Crippen molar-refractivity contribution in [2.45, 2.75) is 13.8 Å². The third-order valence-corrected chi connectivity index (χ3v) is 3.76. The van der Waals surface area contributed by atoms with Crippen molar-refractivity contribution < 1.29 is 14.3 Å². The molecular weight excluding hydrogens is 370 g/mol. The highest BCUT2D eigenvalue weighted by molar-refractivity contribution is 9.10. The molecule has 24 heavy (non-hydrogen) atoms. The number of anilines is 1. The molecule has 0 aliphatic carbocycles. The van der Waals surface area contributed by atoms with Crippen LogP contribution in [0.4, 0.5) is 5.69 Å². The van der Waals surface area contributed by atoms with Gasteiger partial charge in [-0.2, -0.15) is 0 Å². The van der Waals surface area contributed by atoms with E-state index >= 15 is 0 Å². The molecule has 0 radical (unpaired) electrons. The first kappa shape index (κ1) is 17.9. The van der Waals surface area contributed by atoms with E-state index in [1.807, 2.05) is 56.3 Å². The van der Waals surface area contributed by atoms with Gasteiger partial charge in [0.1, 0.15) is 0 Å². The molecule has 0 saturated carbocycles. The summed E-state index contributed by atoms with van der Waals surface area (Å²) >= 11 is 3.36. The second kappa shape index (κ2) is 8.45. The molecule has 1 amide bonds. The highest BCUT2D eigenvalue weighted by Crippen LogP contribution is 2.16. The predicted molar refractivity (Wildman–Crippen MR) is 98.7 cm³/mol. The van der Waals surface area contributed by atoms with Crippen LogP contribution >= 0.6 is 15.9 Å². The maximum absolute atomic E-state index is 11.9. The lowest BCUT2D eigenvalue weighted by molar-refractivity contribution is -0.142. The first-order chi connectivity index (χ1) is 11.4. The number of carbonyl (C=O) groups excluding carboxylic acids is 2. The van der Waals surface area contributed by atoms with E-state index in [9.17, 15) is 9.59 Å². The van der Waals surface area contributed by atoms with E-state index in [-0.39, 0.29) is 12.5 Å². The van der Waals surface area contributed by atoms with Crippen LogP contribution in [0.5, 0.6) is 0 Å². The van der Waals surface area contributed by atoms with Gasteiger partial charge in [0, 0.05) is 16.2 Å². The number of nitrogens with one attached hydrogen (secondary N) is 1. The number of benzene rings is 2. The van der Waals surface area contributed by atoms with Gasteiger partial charge in [-0.05, 0) is 49.2 Å². The number of esters is 1. The van der Waals surface area contributed by atoms with Gasteiger partial charge in [0.05, 0.1) is 0 Å². The zero-order valence-electron chi connectivity index (χ0n) is 13.5. The first-order valence-electron chi connectivity index (χ1n) is 7.41. The highest BCUT2D eigenvalue weighted by atomic mass is 79.9. The third kappa shape index (κ3) is 5.66. The molecule has 2 rings (SSSR count). The molecule has 0 atom stereocenters. The SMILES string of the molecule is Cc1ccc(NC(=O)COC(=O)/C=C/c2cccc(Br)c2)c(C)c1. The summed E-state index contributed by atoms with van der Waals surface area (Å²) in [7, 11) is 0. The minimum absolute atomic E-state index is 0.324. The number of rotatable bonds is 5.